The van der Waals surface area contributed by atoms with E-state index >= 15 is 0 Å². The first-order valence-corrected chi connectivity index (χ1v) is 9.61. The number of rotatable bonds is 6. The molecule has 3 rings (SSSR count). The first-order chi connectivity index (χ1) is 13.0. The van der Waals surface area contributed by atoms with Gasteiger partial charge in [0.2, 0.25) is 5.75 Å². The first kappa shape index (κ1) is 19.1. The summed E-state index contributed by atoms with van der Waals surface area (Å²) >= 11 is 2.73. The van der Waals surface area contributed by atoms with Gasteiger partial charge in [0.25, 0.3) is 5.91 Å². The number of ether oxygens (including phenoxy) is 3. The second-order valence-corrected chi connectivity index (χ2v) is 7.81. The quantitative estimate of drug-likeness (QED) is 0.663. The summed E-state index contributed by atoms with van der Waals surface area (Å²) in [5, 5.41) is 4.07. The van der Waals surface area contributed by atoms with Crippen molar-refractivity contribution in [3.63, 3.8) is 0 Å². The highest BCUT2D eigenvalue weighted by Crippen LogP contribution is 2.42. The molecule has 2 aromatic heterocycles. The van der Waals surface area contributed by atoms with Crippen LogP contribution in [0.4, 0.5) is 5.13 Å². The van der Waals surface area contributed by atoms with E-state index in [-0.39, 0.29) is 5.91 Å². The Morgan fingerprint density at radius 1 is 1.04 bits per heavy atom. The van der Waals surface area contributed by atoms with Crippen molar-refractivity contribution in [2.75, 3.05) is 26.6 Å². The van der Waals surface area contributed by atoms with Gasteiger partial charge in [-0.1, -0.05) is 0 Å². The fourth-order valence-electron chi connectivity index (χ4n) is 2.50. The zero-order valence-corrected chi connectivity index (χ0v) is 17.2. The average Bonchev–Trinajstić information content (AvgIpc) is 3.25. The molecule has 0 atom stereocenters. The molecule has 3 aromatic rings. The van der Waals surface area contributed by atoms with Crippen LogP contribution in [-0.4, -0.2) is 37.2 Å². The molecule has 9 heteroatoms. The number of amides is 1. The monoisotopic (exact) mass is 405 g/mol. The van der Waals surface area contributed by atoms with Crippen molar-refractivity contribution >= 4 is 33.7 Å². The maximum atomic E-state index is 12.6. The molecule has 0 spiro atoms. The predicted octanol–water partition coefficient (Wildman–Crippen LogP) is 4.16. The Labute approximate surface area is 165 Å². The summed E-state index contributed by atoms with van der Waals surface area (Å²) < 4.78 is 16.1. The molecule has 0 saturated heterocycles. The molecule has 0 aliphatic heterocycles. The van der Waals surface area contributed by atoms with Crippen molar-refractivity contribution in [3.05, 3.63) is 33.8 Å². The Morgan fingerprint density at radius 2 is 1.70 bits per heavy atom. The van der Waals surface area contributed by atoms with Crippen LogP contribution < -0.4 is 19.5 Å². The van der Waals surface area contributed by atoms with E-state index in [2.05, 4.69) is 15.3 Å². The van der Waals surface area contributed by atoms with Gasteiger partial charge in [0, 0.05) is 16.6 Å². The molecule has 1 aromatic carbocycles. The highest BCUT2D eigenvalue weighted by atomic mass is 32.1. The number of aromatic nitrogens is 2. The van der Waals surface area contributed by atoms with E-state index in [4.69, 9.17) is 14.2 Å². The predicted molar refractivity (Wildman–Crippen MR) is 107 cm³/mol. The summed E-state index contributed by atoms with van der Waals surface area (Å²) in [5.74, 6) is 1.35. The van der Waals surface area contributed by atoms with Crippen molar-refractivity contribution < 1.29 is 19.0 Å². The number of nitrogens with one attached hydrogen (secondary N) is 1. The van der Waals surface area contributed by atoms with Gasteiger partial charge in [-0.2, -0.15) is 0 Å². The maximum absolute atomic E-state index is 12.6. The lowest BCUT2D eigenvalue weighted by atomic mass is 10.2. The number of hydrogen-bond donors (Lipinski definition) is 1. The van der Waals surface area contributed by atoms with Crippen LogP contribution in [0, 0.1) is 13.8 Å². The average molecular weight is 406 g/mol. The molecule has 2 heterocycles. The molecule has 27 heavy (non-hydrogen) atoms. The minimum absolute atomic E-state index is 0.224. The smallest absolute Gasteiger partial charge is 0.269 e. The van der Waals surface area contributed by atoms with Gasteiger partial charge in [-0.3, -0.25) is 10.1 Å². The summed E-state index contributed by atoms with van der Waals surface area (Å²) in [5.41, 5.74) is 1.43. The molecule has 1 amide bonds. The molecule has 142 valence electrons. The van der Waals surface area contributed by atoms with Gasteiger partial charge < -0.3 is 14.2 Å². The SMILES string of the molecule is COc1cc(-c2nc(C)c(C(=O)Nc3ncc(C)s3)s2)cc(OC)c1OC. The Hall–Kier alpha value is -2.65. The molecule has 0 fully saturated rings. The summed E-state index contributed by atoms with van der Waals surface area (Å²) in [6.07, 6.45) is 1.72. The number of thiazole rings is 2. The lowest BCUT2D eigenvalue weighted by Gasteiger charge is -2.13. The first-order valence-electron chi connectivity index (χ1n) is 7.98. The number of benzene rings is 1. The third kappa shape index (κ3) is 3.88. The van der Waals surface area contributed by atoms with Crippen molar-refractivity contribution in [1.29, 1.82) is 0 Å². The van der Waals surface area contributed by atoms with E-state index in [1.807, 2.05) is 19.1 Å². The van der Waals surface area contributed by atoms with Gasteiger partial charge in [-0.05, 0) is 26.0 Å². The molecular formula is C18H19N3O4S2. The minimum Gasteiger partial charge on any atom is -0.493 e. The molecule has 0 radical (unpaired) electrons. The van der Waals surface area contributed by atoms with Gasteiger partial charge in [0.1, 0.15) is 9.88 Å². The van der Waals surface area contributed by atoms with E-state index < -0.39 is 0 Å². The van der Waals surface area contributed by atoms with Gasteiger partial charge in [0.05, 0.1) is 27.0 Å². The summed E-state index contributed by atoms with van der Waals surface area (Å²) in [6, 6.07) is 3.62. The Kier molecular flexibility index (Phi) is 5.62. The topological polar surface area (TPSA) is 82.6 Å². The standard InChI is InChI=1S/C18H19N3O4S2/c1-9-8-19-18(26-9)21-16(22)15-10(2)20-17(27-15)11-6-12(23-3)14(25-5)13(7-11)24-4/h6-8H,1-5H3,(H,19,21,22). The zero-order chi connectivity index (χ0) is 19.6. The maximum Gasteiger partial charge on any atom is 0.269 e. The molecule has 1 N–H and O–H groups in total. The highest BCUT2D eigenvalue weighted by Gasteiger charge is 2.20. The Bertz CT molecular complexity index is 956. The van der Waals surface area contributed by atoms with Crippen LogP contribution in [0.15, 0.2) is 18.3 Å². The van der Waals surface area contributed by atoms with Crippen molar-refractivity contribution in [3.8, 4) is 27.8 Å². The van der Waals surface area contributed by atoms with E-state index in [1.165, 1.54) is 22.7 Å². The summed E-state index contributed by atoms with van der Waals surface area (Å²) in [7, 11) is 4.67. The molecule has 0 bridgehead atoms. The molecular weight excluding hydrogens is 386 g/mol. The summed E-state index contributed by atoms with van der Waals surface area (Å²) in [6.45, 7) is 3.74. The van der Waals surface area contributed by atoms with E-state index in [9.17, 15) is 4.79 Å². The lowest BCUT2D eigenvalue weighted by Crippen LogP contribution is -2.11. The number of nitrogens with zero attached hydrogens (tertiary/aromatic N) is 2. The normalized spacial score (nSPS) is 10.6. The fraction of sp³-hybridized carbons (Fsp3) is 0.278. The van der Waals surface area contributed by atoms with Crippen LogP contribution in [0.5, 0.6) is 17.2 Å². The highest BCUT2D eigenvalue weighted by molar-refractivity contribution is 7.17. The van der Waals surface area contributed by atoms with Gasteiger partial charge in [-0.25, -0.2) is 9.97 Å². The van der Waals surface area contributed by atoms with Crippen molar-refractivity contribution in [2.45, 2.75) is 13.8 Å². The number of hydrogen-bond acceptors (Lipinski definition) is 8. The third-order valence-electron chi connectivity index (χ3n) is 3.76. The number of aryl methyl sites for hydroxylation is 2. The van der Waals surface area contributed by atoms with Gasteiger partial charge in [0.15, 0.2) is 16.6 Å². The number of carbonyl (C=O) groups is 1. The Balaban J connectivity index is 1.95. The van der Waals surface area contributed by atoms with Crippen LogP contribution in [0.25, 0.3) is 10.6 Å². The molecule has 0 aliphatic carbocycles. The largest absolute Gasteiger partial charge is 0.493 e. The van der Waals surface area contributed by atoms with E-state index in [1.54, 1.807) is 34.4 Å². The summed E-state index contributed by atoms with van der Waals surface area (Å²) in [4.78, 5) is 22.9. The second kappa shape index (κ2) is 7.93. The Morgan fingerprint density at radius 3 is 2.22 bits per heavy atom. The van der Waals surface area contributed by atoms with E-state index in [0.717, 1.165) is 10.4 Å². The lowest BCUT2D eigenvalue weighted by molar-refractivity contribution is 0.103. The van der Waals surface area contributed by atoms with Gasteiger partial charge in [-0.15, -0.1) is 22.7 Å². The molecule has 0 unspecified atom stereocenters. The number of carbonyl (C=O) groups excluding carboxylic acids is 1. The number of anilines is 1. The molecule has 0 aliphatic rings. The van der Waals surface area contributed by atoms with Crippen LogP contribution in [-0.2, 0) is 0 Å². The second-order valence-electron chi connectivity index (χ2n) is 5.58. The third-order valence-corrected chi connectivity index (χ3v) is 5.79. The van der Waals surface area contributed by atoms with Crippen LogP contribution >= 0.6 is 22.7 Å². The molecule has 0 saturated carbocycles. The van der Waals surface area contributed by atoms with Crippen molar-refractivity contribution in [2.24, 2.45) is 0 Å². The van der Waals surface area contributed by atoms with Gasteiger partial charge >= 0.3 is 0 Å². The zero-order valence-electron chi connectivity index (χ0n) is 15.6. The van der Waals surface area contributed by atoms with Crippen LogP contribution in [0.3, 0.4) is 0 Å². The van der Waals surface area contributed by atoms with E-state index in [0.29, 0.717) is 38.0 Å². The fourth-order valence-corrected chi connectivity index (χ4v) is 4.11. The van der Waals surface area contributed by atoms with Crippen molar-refractivity contribution in [1.82, 2.24) is 9.97 Å². The number of methoxy groups -OCH3 is 3. The molecule has 7 nitrogen and oxygen atoms in total. The minimum atomic E-state index is -0.224. The van der Waals surface area contributed by atoms with Crippen LogP contribution in [0.1, 0.15) is 20.2 Å². The van der Waals surface area contributed by atoms with Crippen LogP contribution in [0.2, 0.25) is 0 Å².